The van der Waals surface area contributed by atoms with Gasteiger partial charge in [-0.2, -0.15) is 0 Å². The standard InChI is InChI=1S/C22H24ClNO3S/c23-18-5-1-4-16(12-18)14-28-15-22(25)24-9-2-6-19(24)17-7-8-20-21(13-17)27-11-3-10-26-20/h1,4-5,7-8,12-13,19H,2-3,6,9-11,14-15H2. The molecule has 0 saturated carbocycles. The van der Waals surface area contributed by atoms with Gasteiger partial charge in [-0.15, -0.1) is 11.8 Å². The van der Waals surface area contributed by atoms with Crippen molar-refractivity contribution in [2.45, 2.75) is 31.1 Å². The first kappa shape index (κ1) is 19.5. The van der Waals surface area contributed by atoms with Crippen LogP contribution in [0.5, 0.6) is 11.5 Å². The van der Waals surface area contributed by atoms with Gasteiger partial charge in [0.25, 0.3) is 0 Å². The topological polar surface area (TPSA) is 38.8 Å². The third-order valence-corrected chi connectivity index (χ3v) is 6.34. The summed E-state index contributed by atoms with van der Waals surface area (Å²) in [5, 5.41) is 0.735. The summed E-state index contributed by atoms with van der Waals surface area (Å²) >= 11 is 7.67. The molecule has 4 nitrogen and oxygen atoms in total. The van der Waals surface area contributed by atoms with Gasteiger partial charge >= 0.3 is 0 Å². The summed E-state index contributed by atoms with van der Waals surface area (Å²) in [6.45, 7) is 2.17. The number of carbonyl (C=O) groups is 1. The van der Waals surface area contributed by atoms with Crippen LogP contribution in [0.15, 0.2) is 42.5 Å². The maximum absolute atomic E-state index is 12.9. The van der Waals surface area contributed by atoms with Crippen LogP contribution >= 0.6 is 23.4 Å². The Labute approximate surface area is 175 Å². The van der Waals surface area contributed by atoms with Crippen molar-refractivity contribution in [2.75, 3.05) is 25.5 Å². The first-order chi connectivity index (χ1) is 13.7. The van der Waals surface area contributed by atoms with Crippen LogP contribution in [-0.2, 0) is 10.5 Å². The molecule has 2 aromatic rings. The fourth-order valence-electron chi connectivity index (χ4n) is 3.76. The molecule has 1 atom stereocenters. The predicted molar refractivity (Wildman–Crippen MR) is 113 cm³/mol. The molecular formula is C22H24ClNO3S. The molecule has 0 radical (unpaired) electrons. The van der Waals surface area contributed by atoms with E-state index in [4.69, 9.17) is 21.1 Å². The van der Waals surface area contributed by atoms with Crippen molar-refractivity contribution in [3.05, 3.63) is 58.6 Å². The number of nitrogens with zero attached hydrogens (tertiary/aromatic N) is 1. The molecule has 1 saturated heterocycles. The number of thioether (sulfide) groups is 1. The highest BCUT2D eigenvalue weighted by Gasteiger charge is 2.30. The quantitative estimate of drug-likeness (QED) is 0.678. The van der Waals surface area contributed by atoms with Crippen LogP contribution in [0, 0.1) is 0 Å². The van der Waals surface area contributed by atoms with Gasteiger partial charge in [0.15, 0.2) is 11.5 Å². The van der Waals surface area contributed by atoms with E-state index < -0.39 is 0 Å². The summed E-state index contributed by atoms with van der Waals surface area (Å²) in [4.78, 5) is 14.9. The van der Waals surface area contributed by atoms with E-state index in [1.807, 2.05) is 35.2 Å². The second-order valence-electron chi connectivity index (χ2n) is 7.12. The number of carbonyl (C=O) groups excluding carboxylic acids is 1. The lowest BCUT2D eigenvalue weighted by Crippen LogP contribution is -2.32. The smallest absolute Gasteiger partial charge is 0.233 e. The number of hydrogen-bond acceptors (Lipinski definition) is 4. The second kappa shape index (κ2) is 9.10. The first-order valence-electron chi connectivity index (χ1n) is 9.72. The van der Waals surface area contributed by atoms with Crippen LogP contribution in [0.3, 0.4) is 0 Å². The summed E-state index contributed by atoms with van der Waals surface area (Å²) < 4.78 is 11.6. The zero-order chi connectivity index (χ0) is 19.3. The maximum atomic E-state index is 12.9. The second-order valence-corrected chi connectivity index (χ2v) is 8.55. The molecule has 2 heterocycles. The number of hydrogen-bond donors (Lipinski definition) is 0. The molecule has 148 valence electrons. The minimum Gasteiger partial charge on any atom is -0.490 e. The third kappa shape index (κ3) is 4.58. The van der Waals surface area contributed by atoms with E-state index in [9.17, 15) is 4.79 Å². The minimum absolute atomic E-state index is 0.122. The highest BCUT2D eigenvalue weighted by Crippen LogP contribution is 2.38. The van der Waals surface area contributed by atoms with Crippen LogP contribution < -0.4 is 9.47 Å². The summed E-state index contributed by atoms with van der Waals surface area (Å²) in [5.74, 6) is 3.06. The van der Waals surface area contributed by atoms with Crippen molar-refractivity contribution in [2.24, 2.45) is 0 Å². The zero-order valence-corrected chi connectivity index (χ0v) is 17.3. The molecule has 2 aromatic carbocycles. The van der Waals surface area contributed by atoms with E-state index in [1.165, 1.54) is 0 Å². The molecule has 1 fully saturated rings. The van der Waals surface area contributed by atoms with Crippen molar-refractivity contribution >= 4 is 29.3 Å². The Balaban J connectivity index is 1.39. The molecule has 28 heavy (non-hydrogen) atoms. The van der Waals surface area contributed by atoms with Gasteiger partial charge in [-0.1, -0.05) is 29.8 Å². The van der Waals surface area contributed by atoms with Crippen molar-refractivity contribution < 1.29 is 14.3 Å². The summed E-state index contributed by atoms with van der Waals surface area (Å²) in [6.07, 6.45) is 2.91. The van der Waals surface area contributed by atoms with Gasteiger partial charge in [-0.05, 0) is 48.2 Å². The maximum Gasteiger partial charge on any atom is 0.233 e. The van der Waals surface area contributed by atoms with E-state index in [-0.39, 0.29) is 11.9 Å². The molecular weight excluding hydrogens is 394 g/mol. The number of likely N-dealkylation sites (tertiary alicyclic amines) is 1. The Morgan fingerprint density at radius 3 is 2.82 bits per heavy atom. The molecule has 0 spiro atoms. The Morgan fingerprint density at radius 1 is 1.11 bits per heavy atom. The van der Waals surface area contributed by atoms with E-state index >= 15 is 0 Å². The molecule has 1 unspecified atom stereocenters. The molecule has 0 aliphatic carbocycles. The Hall–Kier alpha value is -1.85. The van der Waals surface area contributed by atoms with Gasteiger partial charge in [0, 0.05) is 23.7 Å². The molecule has 0 N–H and O–H groups in total. The van der Waals surface area contributed by atoms with Crippen LogP contribution in [0.2, 0.25) is 5.02 Å². The van der Waals surface area contributed by atoms with Gasteiger partial charge in [0.1, 0.15) is 0 Å². The van der Waals surface area contributed by atoms with Crippen LogP contribution in [-0.4, -0.2) is 36.3 Å². The number of halogens is 1. The van der Waals surface area contributed by atoms with E-state index in [2.05, 4.69) is 12.1 Å². The van der Waals surface area contributed by atoms with Crippen molar-refractivity contribution in [3.63, 3.8) is 0 Å². The van der Waals surface area contributed by atoms with Crippen molar-refractivity contribution in [1.29, 1.82) is 0 Å². The molecule has 6 heteroatoms. The van der Waals surface area contributed by atoms with Crippen molar-refractivity contribution in [1.82, 2.24) is 4.90 Å². The highest BCUT2D eigenvalue weighted by molar-refractivity contribution is 7.99. The Kier molecular flexibility index (Phi) is 6.33. The fourth-order valence-corrected chi connectivity index (χ4v) is 4.84. The molecule has 2 aliphatic heterocycles. The molecule has 0 aromatic heterocycles. The van der Waals surface area contributed by atoms with Crippen LogP contribution in [0.4, 0.5) is 0 Å². The number of amides is 1. The zero-order valence-electron chi connectivity index (χ0n) is 15.7. The number of ether oxygens (including phenoxy) is 2. The molecule has 2 aliphatic rings. The normalized spacial score (nSPS) is 18.8. The monoisotopic (exact) mass is 417 g/mol. The first-order valence-corrected chi connectivity index (χ1v) is 11.3. The average molecular weight is 418 g/mol. The Bertz CT molecular complexity index is 844. The van der Waals surface area contributed by atoms with E-state index in [1.54, 1.807) is 11.8 Å². The SMILES string of the molecule is O=C(CSCc1cccc(Cl)c1)N1CCCC1c1ccc2c(c1)OCCCO2. The summed E-state index contributed by atoms with van der Waals surface area (Å²) in [7, 11) is 0. The fraction of sp³-hybridized carbons (Fsp3) is 0.409. The van der Waals surface area contributed by atoms with Gasteiger partial charge in [0.2, 0.25) is 5.91 Å². The largest absolute Gasteiger partial charge is 0.490 e. The summed E-state index contributed by atoms with van der Waals surface area (Å²) in [6, 6.07) is 14.0. The van der Waals surface area contributed by atoms with Gasteiger partial charge in [-0.3, -0.25) is 4.79 Å². The Morgan fingerprint density at radius 2 is 1.96 bits per heavy atom. The molecule has 1 amide bonds. The van der Waals surface area contributed by atoms with Gasteiger partial charge in [-0.25, -0.2) is 0 Å². The van der Waals surface area contributed by atoms with Crippen molar-refractivity contribution in [3.8, 4) is 11.5 Å². The predicted octanol–water partition coefficient (Wildman–Crippen LogP) is 5.10. The summed E-state index contributed by atoms with van der Waals surface area (Å²) in [5.41, 5.74) is 2.28. The molecule has 0 bridgehead atoms. The van der Waals surface area contributed by atoms with Crippen LogP contribution in [0.25, 0.3) is 0 Å². The highest BCUT2D eigenvalue weighted by atomic mass is 35.5. The van der Waals surface area contributed by atoms with Crippen LogP contribution in [0.1, 0.15) is 36.4 Å². The third-order valence-electron chi connectivity index (χ3n) is 5.11. The van der Waals surface area contributed by atoms with Gasteiger partial charge < -0.3 is 14.4 Å². The number of fused-ring (bicyclic) bond motifs is 1. The minimum atomic E-state index is 0.122. The lowest BCUT2D eigenvalue weighted by molar-refractivity contribution is -0.129. The number of benzene rings is 2. The lowest BCUT2D eigenvalue weighted by atomic mass is 10.0. The van der Waals surface area contributed by atoms with E-state index in [0.29, 0.717) is 19.0 Å². The lowest BCUT2D eigenvalue weighted by Gasteiger charge is -2.25. The van der Waals surface area contributed by atoms with E-state index in [0.717, 1.165) is 59.2 Å². The number of rotatable bonds is 5. The average Bonchev–Trinajstić information content (AvgIpc) is 3.07. The molecule has 4 rings (SSSR count). The van der Waals surface area contributed by atoms with Gasteiger partial charge in [0.05, 0.1) is 25.0 Å².